The molecule has 2 N–H and O–H groups in total. The van der Waals surface area contributed by atoms with E-state index in [9.17, 15) is 19.2 Å². The summed E-state index contributed by atoms with van der Waals surface area (Å²) in [6.45, 7) is 2.96. The fourth-order valence-corrected chi connectivity index (χ4v) is 3.55. The Kier molecular flexibility index (Phi) is 6.21. The van der Waals surface area contributed by atoms with Crippen molar-refractivity contribution in [2.24, 2.45) is 0 Å². The van der Waals surface area contributed by atoms with Crippen molar-refractivity contribution in [1.82, 2.24) is 10.2 Å². The van der Waals surface area contributed by atoms with Crippen molar-refractivity contribution in [2.75, 3.05) is 18.5 Å². The molecule has 1 saturated heterocycles. The van der Waals surface area contributed by atoms with Gasteiger partial charge in [-0.3, -0.25) is 14.5 Å². The van der Waals surface area contributed by atoms with Crippen LogP contribution in [0.4, 0.5) is 10.5 Å². The summed E-state index contributed by atoms with van der Waals surface area (Å²) in [5.74, 6) is -1.74. The molecule has 0 aliphatic carbocycles. The van der Waals surface area contributed by atoms with Gasteiger partial charge in [0.05, 0.1) is 17.9 Å². The van der Waals surface area contributed by atoms with Crippen LogP contribution in [0.15, 0.2) is 53.0 Å². The maximum absolute atomic E-state index is 13.0. The van der Waals surface area contributed by atoms with Gasteiger partial charge in [0.2, 0.25) is 5.91 Å². The van der Waals surface area contributed by atoms with Crippen LogP contribution >= 0.6 is 15.9 Å². The number of carbonyl (C=O) groups is 4. The van der Waals surface area contributed by atoms with Crippen molar-refractivity contribution in [3.8, 4) is 0 Å². The van der Waals surface area contributed by atoms with Gasteiger partial charge in [0.25, 0.3) is 5.91 Å². The number of hydrogen-bond acceptors (Lipinski definition) is 5. The normalized spacial score (nSPS) is 18.2. The first-order valence-corrected chi connectivity index (χ1v) is 10.0. The molecular formula is C21H20BrN3O5. The molecule has 2 aromatic carbocycles. The highest BCUT2D eigenvalue weighted by Gasteiger charge is 2.49. The van der Waals surface area contributed by atoms with Gasteiger partial charge in [-0.05, 0) is 43.7 Å². The predicted octanol–water partition coefficient (Wildman–Crippen LogP) is 3.03. The number of nitrogens with zero attached hydrogens (tertiary/aromatic N) is 1. The minimum atomic E-state index is -1.29. The first kappa shape index (κ1) is 21.5. The number of carbonyl (C=O) groups excluding carboxylic acids is 4. The van der Waals surface area contributed by atoms with E-state index in [1.807, 2.05) is 0 Å². The zero-order valence-corrected chi connectivity index (χ0v) is 18.0. The van der Waals surface area contributed by atoms with Gasteiger partial charge in [-0.15, -0.1) is 0 Å². The van der Waals surface area contributed by atoms with Gasteiger partial charge in [0.1, 0.15) is 12.1 Å². The van der Waals surface area contributed by atoms with E-state index in [4.69, 9.17) is 4.74 Å². The zero-order chi connectivity index (χ0) is 21.9. The number of benzene rings is 2. The molecule has 1 heterocycles. The molecule has 1 fully saturated rings. The predicted molar refractivity (Wildman–Crippen MR) is 113 cm³/mol. The van der Waals surface area contributed by atoms with Crippen molar-refractivity contribution in [2.45, 2.75) is 19.4 Å². The summed E-state index contributed by atoms with van der Waals surface area (Å²) in [5, 5.41) is 5.22. The van der Waals surface area contributed by atoms with Gasteiger partial charge in [-0.2, -0.15) is 0 Å². The summed E-state index contributed by atoms with van der Waals surface area (Å²) in [4.78, 5) is 50.9. The van der Waals surface area contributed by atoms with Gasteiger partial charge in [0, 0.05) is 4.47 Å². The topological polar surface area (TPSA) is 105 Å². The maximum atomic E-state index is 13.0. The lowest BCUT2D eigenvalue weighted by molar-refractivity contribution is -0.133. The van der Waals surface area contributed by atoms with Crippen molar-refractivity contribution < 1.29 is 23.9 Å². The molecule has 1 aliphatic rings. The van der Waals surface area contributed by atoms with Crippen LogP contribution in [0.2, 0.25) is 0 Å². The molecular weight excluding hydrogens is 454 g/mol. The Bertz CT molecular complexity index is 1030. The number of para-hydroxylation sites is 1. The van der Waals surface area contributed by atoms with E-state index in [0.29, 0.717) is 5.56 Å². The van der Waals surface area contributed by atoms with Gasteiger partial charge in [-0.25, -0.2) is 9.59 Å². The van der Waals surface area contributed by atoms with Crippen LogP contribution in [-0.2, 0) is 19.9 Å². The average molecular weight is 474 g/mol. The number of nitrogens with one attached hydrogen (secondary N) is 2. The van der Waals surface area contributed by atoms with Gasteiger partial charge in [0.15, 0.2) is 0 Å². The van der Waals surface area contributed by atoms with Crippen LogP contribution in [-0.4, -0.2) is 41.9 Å². The number of imide groups is 1. The highest BCUT2D eigenvalue weighted by atomic mass is 79.9. The summed E-state index contributed by atoms with van der Waals surface area (Å²) in [6.07, 6.45) is 0. The Labute approximate surface area is 181 Å². The van der Waals surface area contributed by atoms with Crippen molar-refractivity contribution >= 4 is 45.4 Å². The number of amides is 4. The van der Waals surface area contributed by atoms with E-state index in [-0.39, 0.29) is 17.9 Å². The molecule has 8 nitrogen and oxygen atoms in total. The summed E-state index contributed by atoms with van der Waals surface area (Å²) in [5.41, 5.74) is -0.276. The lowest BCUT2D eigenvalue weighted by Gasteiger charge is -2.22. The van der Waals surface area contributed by atoms with E-state index >= 15 is 0 Å². The average Bonchev–Trinajstić information content (AvgIpc) is 2.92. The molecule has 0 saturated carbocycles. The van der Waals surface area contributed by atoms with Crippen LogP contribution in [0.25, 0.3) is 0 Å². The van der Waals surface area contributed by atoms with E-state index in [2.05, 4.69) is 26.6 Å². The molecule has 2 aromatic rings. The molecule has 0 bridgehead atoms. The number of rotatable bonds is 6. The van der Waals surface area contributed by atoms with Gasteiger partial charge < -0.3 is 15.4 Å². The molecule has 4 amide bonds. The third kappa shape index (κ3) is 4.20. The number of hydrogen-bond donors (Lipinski definition) is 2. The second-order valence-corrected chi connectivity index (χ2v) is 7.69. The van der Waals surface area contributed by atoms with Crippen LogP contribution in [0.1, 0.15) is 29.8 Å². The molecule has 0 aromatic heterocycles. The fraction of sp³-hybridized carbons (Fsp3) is 0.238. The molecule has 30 heavy (non-hydrogen) atoms. The molecule has 1 atom stereocenters. The molecule has 0 unspecified atom stereocenters. The van der Waals surface area contributed by atoms with Crippen molar-refractivity contribution in [1.29, 1.82) is 0 Å². The quantitative estimate of drug-likeness (QED) is 0.495. The fourth-order valence-electron chi connectivity index (χ4n) is 3.15. The zero-order valence-electron chi connectivity index (χ0n) is 16.4. The standard InChI is InChI=1S/C21H20BrN3O5/c1-3-30-18(27)15-9-4-5-10-16(15)23-17(26)12-25-19(28)21(2,24-20(25)29)13-7-6-8-14(22)11-13/h4-11H,3,12H2,1-2H3,(H,23,26)(H,24,29)/t21-/m0/s1. The maximum Gasteiger partial charge on any atom is 0.340 e. The van der Waals surface area contributed by atoms with E-state index < -0.39 is 35.9 Å². The smallest absolute Gasteiger partial charge is 0.340 e. The van der Waals surface area contributed by atoms with Crippen LogP contribution in [0.5, 0.6) is 0 Å². The molecule has 9 heteroatoms. The third-order valence-electron chi connectivity index (χ3n) is 4.68. The molecule has 0 spiro atoms. The minimum Gasteiger partial charge on any atom is -0.462 e. The third-order valence-corrected chi connectivity index (χ3v) is 5.17. The highest BCUT2D eigenvalue weighted by Crippen LogP contribution is 2.30. The van der Waals surface area contributed by atoms with Crippen LogP contribution in [0, 0.1) is 0 Å². The molecule has 1 aliphatic heterocycles. The molecule has 156 valence electrons. The van der Waals surface area contributed by atoms with Gasteiger partial charge >= 0.3 is 12.0 Å². The van der Waals surface area contributed by atoms with Gasteiger partial charge in [-0.1, -0.05) is 40.2 Å². The molecule has 3 rings (SSSR count). The molecule has 0 radical (unpaired) electrons. The Balaban J connectivity index is 1.76. The SMILES string of the molecule is CCOC(=O)c1ccccc1NC(=O)CN1C(=O)N[C@@](C)(c2cccc(Br)c2)C1=O. The first-order chi connectivity index (χ1) is 14.3. The Morgan fingerprint density at radius 1 is 1.17 bits per heavy atom. The Morgan fingerprint density at radius 2 is 1.90 bits per heavy atom. The van der Waals surface area contributed by atoms with Crippen molar-refractivity contribution in [3.05, 3.63) is 64.1 Å². The van der Waals surface area contributed by atoms with E-state index in [1.165, 1.54) is 6.07 Å². The summed E-state index contributed by atoms with van der Waals surface area (Å²) in [6, 6.07) is 12.7. The lowest BCUT2D eigenvalue weighted by Crippen LogP contribution is -2.42. The van der Waals surface area contributed by atoms with E-state index in [0.717, 1.165) is 9.37 Å². The number of halogens is 1. The summed E-state index contributed by atoms with van der Waals surface area (Å²) < 4.78 is 5.74. The summed E-state index contributed by atoms with van der Waals surface area (Å²) in [7, 11) is 0. The number of esters is 1. The highest BCUT2D eigenvalue weighted by molar-refractivity contribution is 9.10. The lowest BCUT2D eigenvalue weighted by atomic mass is 9.92. The Hall–Kier alpha value is -3.20. The van der Waals surface area contributed by atoms with Crippen LogP contribution < -0.4 is 10.6 Å². The second-order valence-electron chi connectivity index (χ2n) is 6.77. The number of ether oxygens (including phenoxy) is 1. The number of anilines is 1. The summed E-state index contributed by atoms with van der Waals surface area (Å²) >= 11 is 3.35. The van der Waals surface area contributed by atoms with Crippen molar-refractivity contribution in [3.63, 3.8) is 0 Å². The first-order valence-electron chi connectivity index (χ1n) is 9.22. The van der Waals surface area contributed by atoms with Crippen LogP contribution in [0.3, 0.4) is 0 Å². The number of urea groups is 1. The monoisotopic (exact) mass is 473 g/mol. The minimum absolute atomic E-state index is 0.184. The van der Waals surface area contributed by atoms with E-state index in [1.54, 1.807) is 56.3 Å². The Morgan fingerprint density at radius 3 is 2.60 bits per heavy atom. The largest absolute Gasteiger partial charge is 0.462 e. The second kappa shape index (κ2) is 8.66.